The van der Waals surface area contributed by atoms with E-state index in [-0.39, 0.29) is 6.42 Å². The van der Waals surface area contributed by atoms with Crippen molar-refractivity contribution >= 4 is 11.9 Å². The van der Waals surface area contributed by atoms with Gasteiger partial charge in [-0.3, -0.25) is 9.59 Å². The fourth-order valence-electron chi connectivity index (χ4n) is 3.98. The number of esters is 1. The highest BCUT2D eigenvalue weighted by Gasteiger charge is 2.15. The summed E-state index contributed by atoms with van der Waals surface area (Å²) in [4.78, 5) is 21.9. The van der Waals surface area contributed by atoms with Crippen molar-refractivity contribution in [3.63, 3.8) is 0 Å². The molecule has 0 heterocycles. The van der Waals surface area contributed by atoms with Gasteiger partial charge in [-0.1, -0.05) is 95.0 Å². The quantitative estimate of drug-likeness (QED) is 0.171. The number of benzene rings is 1. The van der Waals surface area contributed by atoms with Gasteiger partial charge in [0.25, 0.3) is 0 Å². The van der Waals surface area contributed by atoms with Gasteiger partial charge >= 0.3 is 11.9 Å². The molecule has 2 unspecified atom stereocenters. The summed E-state index contributed by atoms with van der Waals surface area (Å²) >= 11 is 0. The van der Waals surface area contributed by atoms with E-state index in [4.69, 9.17) is 14.6 Å². The topological polar surface area (TPSA) is 72.8 Å². The molecule has 0 radical (unpaired) electrons. The summed E-state index contributed by atoms with van der Waals surface area (Å²) in [5.41, 5.74) is 1.25. The van der Waals surface area contributed by atoms with Crippen molar-refractivity contribution in [1.82, 2.24) is 0 Å². The molecule has 1 rings (SSSR count). The monoisotopic (exact) mass is 448 g/mol. The van der Waals surface area contributed by atoms with Crippen LogP contribution in [-0.4, -0.2) is 29.3 Å². The fourth-order valence-corrected chi connectivity index (χ4v) is 3.98. The van der Waals surface area contributed by atoms with Crippen LogP contribution in [-0.2, 0) is 25.7 Å². The van der Waals surface area contributed by atoms with Gasteiger partial charge in [0.05, 0.1) is 19.1 Å². The molecular weight excluding hydrogens is 404 g/mol. The Morgan fingerprint density at radius 3 is 1.78 bits per heavy atom. The van der Waals surface area contributed by atoms with Crippen molar-refractivity contribution in [3.05, 3.63) is 35.9 Å². The average Bonchev–Trinajstić information content (AvgIpc) is 2.76. The van der Waals surface area contributed by atoms with Crippen molar-refractivity contribution < 1.29 is 24.2 Å². The van der Waals surface area contributed by atoms with E-state index >= 15 is 0 Å². The van der Waals surface area contributed by atoms with Crippen LogP contribution in [0, 0.1) is 0 Å². The summed E-state index contributed by atoms with van der Waals surface area (Å²) in [6.45, 7) is 4.25. The van der Waals surface area contributed by atoms with Gasteiger partial charge < -0.3 is 14.6 Å². The normalized spacial score (nSPS) is 12.9. The molecule has 1 N–H and O–H groups in total. The second-order valence-corrected chi connectivity index (χ2v) is 8.77. The van der Waals surface area contributed by atoms with Crippen LogP contribution in [0.2, 0.25) is 0 Å². The molecule has 5 heteroatoms. The molecule has 1 aromatic carbocycles. The van der Waals surface area contributed by atoms with Gasteiger partial charge in [0.1, 0.15) is 6.10 Å². The number of carbonyl (C=O) groups excluding carboxylic acids is 1. The molecule has 5 nitrogen and oxygen atoms in total. The SMILES string of the molecule is CCC(CCCCCCCCCCCCC(CC(=O)O)OC(C)=O)OCc1ccccc1. The maximum atomic E-state index is 11.0. The largest absolute Gasteiger partial charge is 0.481 e. The number of aliphatic carboxylic acids is 1. The Hall–Kier alpha value is -1.88. The number of carboxylic acids is 1. The van der Waals surface area contributed by atoms with Crippen LogP contribution < -0.4 is 0 Å². The summed E-state index contributed by atoms with van der Waals surface area (Å²) < 4.78 is 11.1. The lowest BCUT2D eigenvalue weighted by molar-refractivity contribution is -0.151. The Labute approximate surface area is 194 Å². The van der Waals surface area contributed by atoms with E-state index in [0.29, 0.717) is 19.1 Å². The first-order valence-electron chi connectivity index (χ1n) is 12.6. The van der Waals surface area contributed by atoms with Gasteiger partial charge in [-0.2, -0.15) is 0 Å². The predicted molar refractivity (Wildman–Crippen MR) is 129 cm³/mol. The number of carbonyl (C=O) groups is 2. The van der Waals surface area contributed by atoms with Gasteiger partial charge in [0, 0.05) is 6.92 Å². The number of rotatable bonds is 20. The highest BCUT2D eigenvalue weighted by Crippen LogP contribution is 2.16. The zero-order valence-corrected chi connectivity index (χ0v) is 20.2. The molecular formula is C27H44O5. The molecule has 0 aromatic heterocycles. The molecule has 0 saturated carbocycles. The average molecular weight is 449 g/mol. The standard InChI is InChI=1S/C27H44O5/c1-3-25(31-22-24-17-13-12-14-18-24)19-15-10-8-6-4-5-7-9-11-16-20-26(21-27(29)30)32-23(2)28/h12-14,17-18,25-26H,3-11,15-16,19-22H2,1-2H3,(H,29,30). The number of hydrogen-bond donors (Lipinski definition) is 1. The van der Waals surface area contributed by atoms with Crippen LogP contribution in [0.15, 0.2) is 30.3 Å². The smallest absolute Gasteiger partial charge is 0.307 e. The summed E-state index contributed by atoms with van der Waals surface area (Å²) in [5.74, 6) is -1.32. The van der Waals surface area contributed by atoms with Crippen LogP contribution in [0.5, 0.6) is 0 Å². The molecule has 0 fully saturated rings. The van der Waals surface area contributed by atoms with E-state index in [9.17, 15) is 9.59 Å². The number of ether oxygens (including phenoxy) is 2. The number of carboxylic acid groups (broad SMARTS) is 1. The summed E-state index contributed by atoms with van der Waals surface area (Å²) in [5, 5.41) is 8.88. The van der Waals surface area contributed by atoms with Crippen molar-refractivity contribution in [3.8, 4) is 0 Å². The van der Waals surface area contributed by atoms with Crippen molar-refractivity contribution in [1.29, 1.82) is 0 Å². The molecule has 1 aromatic rings. The van der Waals surface area contributed by atoms with Crippen LogP contribution in [0.1, 0.15) is 109 Å². The Bertz CT molecular complexity index is 585. The minimum atomic E-state index is -0.916. The first-order valence-corrected chi connectivity index (χ1v) is 12.6. The first kappa shape index (κ1) is 28.2. The van der Waals surface area contributed by atoms with Crippen molar-refractivity contribution in [2.75, 3.05) is 0 Å². The maximum Gasteiger partial charge on any atom is 0.307 e. The second-order valence-electron chi connectivity index (χ2n) is 8.77. The summed E-state index contributed by atoms with van der Waals surface area (Å²) in [6.07, 6.45) is 14.7. The van der Waals surface area contributed by atoms with Crippen molar-refractivity contribution in [2.24, 2.45) is 0 Å². The predicted octanol–water partition coefficient (Wildman–Crippen LogP) is 7.07. The van der Waals surface area contributed by atoms with Crippen LogP contribution >= 0.6 is 0 Å². The fraction of sp³-hybridized carbons (Fsp3) is 0.704. The lowest BCUT2D eigenvalue weighted by atomic mass is 10.0. The second kappa shape index (κ2) is 18.7. The number of unbranched alkanes of at least 4 members (excludes halogenated alkanes) is 9. The lowest BCUT2D eigenvalue weighted by Crippen LogP contribution is -2.20. The third-order valence-corrected chi connectivity index (χ3v) is 5.82. The highest BCUT2D eigenvalue weighted by atomic mass is 16.5. The Morgan fingerprint density at radius 1 is 0.812 bits per heavy atom. The van der Waals surface area contributed by atoms with Crippen LogP contribution in [0.25, 0.3) is 0 Å². The van der Waals surface area contributed by atoms with Gasteiger partial charge in [0.15, 0.2) is 0 Å². The summed E-state index contributed by atoms with van der Waals surface area (Å²) in [7, 11) is 0. The van der Waals surface area contributed by atoms with E-state index in [1.807, 2.05) is 6.07 Å². The summed E-state index contributed by atoms with van der Waals surface area (Å²) in [6, 6.07) is 10.4. The molecule has 0 aliphatic heterocycles. The Balaban J connectivity index is 1.93. The zero-order valence-electron chi connectivity index (χ0n) is 20.2. The highest BCUT2D eigenvalue weighted by molar-refractivity contribution is 5.69. The minimum absolute atomic E-state index is 0.0995. The molecule has 0 saturated heterocycles. The molecule has 0 amide bonds. The van der Waals surface area contributed by atoms with Gasteiger partial charge in [-0.15, -0.1) is 0 Å². The van der Waals surface area contributed by atoms with E-state index in [2.05, 4.69) is 31.2 Å². The molecule has 182 valence electrons. The molecule has 2 atom stereocenters. The van der Waals surface area contributed by atoms with Crippen LogP contribution in [0.3, 0.4) is 0 Å². The molecule has 0 bridgehead atoms. The molecule has 0 aliphatic rings. The van der Waals surface area contributed by atoms with Gasteiger partial charge in [0.2, 0.25) is 0 Å². The molecule has 32 heavy (non-hydrogen) atoms. The van der Waals surface area contributed by atoms with E-state index in [0.717, 1.165) is 32.1 Å². The van der Waals surface area contributed by atoms with E-state index < -0.39 is 18.0 Å². The van der Waals surface area contributed by atoms with E-state index in [1.54, 1.807) is 0 Å². The molecule has 0 aliphatic carbocycles. The molecule has 0 spiro atoms. The third kappa shape index (κ3) is 15.9. The minimum Gasteiger partial charge on any atom is -0.481 e. The van der Waals surface area contributed by atoms with Crippen molar-refractivity contribution in [2.45, 2.75) is 123 Å². The Kier molecular flexibility index (Phi) is 16.4. The number of hydrogen-bond acceptors (Lipinski definition) is 4. The third-order valence-electron chi connectivity index (χ3n) is 5.82. The van der Waals surface area contributed by atoms with Gasteiger partial charge in [-0.25, -0.2) is 0 Å². The lowest BCUT2D eigenvalue weighted by Gasteiger charge is -2.16. The van der Waals surface area contributed by atoms with E-state index in [1.165, 1.54) is 57.4 Å². The Morgan fingerprint density at radius 2 is 1.31 bits per heavy atom. The van der Waals surface area contributed by atoms with Crippen LogP contribution in [0.4, 0.5) is 0 Å². The maximum absolute atomic E-state index is 11.0. The first-order chi connectivity index (χ1) is 15.5. The van der Waals surface area contributed by atoms with Gasteiger partial charge in [-0.05, 0) is 31.2 Å². The zero-order chi connectivity index (χ0) is 23.4.